The lowest BCUT2D eigenvalue weighted by Gasteiger charge is -2.09. The highest BCUT2D eigenvalue weighted by molar-refractivity contribution is 6.09. The van der Waals surface area contributed by atoms with Crippen molar-refractivity contribution in [3.63, 3.8) is 0 Å². The zero-order valence-corrected chi connectivity index (χ0v) is 10.9. The fourth-order valence-corrected chi connectivity index (χ4v) is 1.81. The van der Waals surface area contributed by atoms with Gasteiger partial charge < -0.3 is 9.47 Å². The van der Waals surface area contributed by atoms with Crippen molar-refractivity contribution in [3.8, 4) is 11.5 Å². The van der Waals surface area contributed by atoms with Gasteiger partial charge in [0.1, 0.15) is 11.6 Å². The summed E-state index contributed by atoms with van der Waals surface area (Å²) in [6, 6.07) is 7.32. The molecule has 0 amide bonds. The third-order valence-corrected chi connectivity index (χ3v) is 2.82. The lowest BCUT2D eigenvalue weighted by Crippen LogP contribution is -2.05. The second-order valence-electron chi connectivity index (χ2n) is 4.02. The highest BCUT2D eigenvalue weighted by Gasteiger charge is 2.16. The van der Waals surface area contributed by atoms with E-state index in [9.17, 15) is 13.6 Å². The second kappa shape index (κ2) is 5.69. The predicted molar refractivity (Wildman–Crippen MR) is 69.3 cm³/mol. The van der Waals surface area contributed by atoms with Gasteiger partial charge in [-0.2, -0.15) is 0 Å². The average Bonchev–Trinajstić information content (AvgIpc) is 2.45. The molecule has 0 aliphatic carbocycles. The Hall–Kier alpha value is -2.43. The Labute approximate surface area is 114 Å². The van der Waals surface area contributed by atoms with Crippen LogP contribution >= 0.6 is 0 Å². The molecule has 0 aliphatic rings. The largest absolute Gasteiger partial charge is 0.493 e. The molecule has 0 saturated heterocycles. The monoisotopic (exact) mass is 278 g/mol. The summed E-state index contributed by atoms with van der Waals surface area (Å²) in [5.74, 6) is -1.36. The van der Waals surface area contributed by atoms with Crippen LogP contribution in [-0.4, -0.2) is 20.0 Å². The normalized spacial score (nSPS) is 10.2. The van der Waals surface area contributed by atoms with Crippen LogP contribution in [0.15, 0.2) is 36.4 Å². The van der Waals surface area contributed by atoms with Crippen LogP contribution in [0, 0.1) is 11.6 Å². The molecule has 2 aromatic rings. The fraction of sp³-hybridized carbons (Fsp3) is 0.133. The van der Waals surface area contributed by atoms with Gasteiger partial charge in [-0.1, -0.05) is 0 Å². The Morgan fingerprint density at radius 1 is 0.950 bits per heavy atom. The number of carbonyl (C=O) groups excluding carboxylic acids is 1. The Bertz CT molecular complexity index is 654. The van der Waals surface area contributed by atoms with Crippen LogP contribution in [0.4, 0.5) is 8.78 Å². The summed E-state index contributed by atoms with van der Waals surface area (Å²) in [7, 11) is 2.91. The first-order valence-corrected chi connectivity index (χ1v) is 5.78. The molecule has 0 N–H and O–H groups in total. The van der Waals surface area contributed by atoms with Gasteiger partial charge in [0, 0.05) is 11.6 Å². The number of benzene rings is 2. The minimum atomic E-state index is -0.898. The maximum Gasteiger partial charge on any atom is 0.196 e. The Balaban J connectivity index is 2.43. The number of rotatable bonds is 4. The zero-order chi connectivity index (χ0) is 14.7. The molecular formula is C15H12F2O3. The zero-order valence-electron chi connectivity index (χ0n) is 10.9. The van der Waals surface area contributed by atoms with E-state index in [4.69, 9.17) is 9.47 Å². The Morgan fingerprint density at radius 3 is 2.25 bits per heavy atom. The third kappa shape index (κ3) is 2.61. The van der Waals surface area contributed by atoms with Gasteiger partial charge in [0.15, 0.2) is 17.3 Å². The first-order valence-electron chi connectivity index (χ1n) is 5.78. The summed E-state index contributed by atoms with van der Waals surface area (Å²) >= 11 is 0. The van der Waals surface area contributed by atoms with E-state index >= 15 is 0 Å². The number of hydrogen-bond acceptors (Lipinski definition) is 3. The number of methoxy groups -OCH3 is 2. The minimum Gasteiger partial charge on any atom is -0.493 e. The predicted octanol–water partition coefficient (Wildman–Crippen LogP) is 3.21. The Kier molecular flexibility index (Phi) is 3.98. The van der Waals surface area contributed by atoms with Crippen molar-refractivity contribution in [2.75, 3.05) is 14.2 Å². The molecule has 0 heterocycles. The van der Waals surface area contributed by atoms with Gasteiger partial charge in [0.05, 0.1) is 19.8 Å². The highest BCUT2D eigenvalue weighted by Crippen LogP contribution is 2.28. The van der Waals surface area contributed by atoms with Crippen LogP contribution in [0.25, 0.3) is 0 Å². The van der Waals surface area contributed by atoms with Crippen LogP contribution in [-0.2, 0) is 0 Å². The maximum absolute atomic E-state index is 13.6. The van der Waals surface area contributed by atoms with E-state index in [0.717, 1.165) is 12.1 Å². The molecular weight excluding hydrogens is 266 g/mol. The van der Waals surface area contributed by atoms with Crippen LogP contribution < -0.4 is 9.47 Å². The number of ether oxygens (including phenoxy) is 2. The molecule has 0 radical (unpaired) electrons. The number of carbonyl (C=O) groups is 1. The topological polar surface area (TPSA) is 35.5 Å². The fourth-order valence-electron chi connectivity index (χ4n) is 1.81. The van der Waals surface area contributed by atoms with Gasteiger partial charge in [0.2, 0.25) is 0 Å². The van der Waals surface area contributed by atoms with Crippen LogP contribution in [0.5, 0.6) is 11.5 Å². The quantitative estimate of drug-likeness (QED) is 0.806. The van der Waals surface area contributed by atoms with E-state index in [1.807, 2.05) is 0 Å². The van der Waals surface area contributed by atoms with Crippen molar-refractivity contribution in [3.05, 3.63) is 59.2 Å². The van der Waals surface area contributed by atoms with E-state index in [0.29, 0.717) is 17.6 Å². The molecule has 0 aromatic heterocycles. The molecule has 0 bridgehead atoms. The van der Waals surface area contributed by atoms with Crippen molar-refractivity contribution in [2.45, 2.75) is 0 Å². The summed E-state index contributed by atoms with van der Waals surface area (Å²) in [5.41, 5.74) is 0.0341. The summed E-state index contributed by atoms with van der Waals surface area (Å²) in [6.45, 7) is 0. The van der Waals surface area contributed by atoms with Crippen LogP contribution in [0.2, 0.25) is 0 Å². The third-order valence-electron chi connectivity index (χ3n) is 2.82. The van der Waals surface area contributed by atoms with Crippen molar-refractivity contribution in [1.29, 1.82) is 0 Å². The molecule has 0 aliphatic heterocycles. The molecule has 2 rings (SSSR count). The van der Waals surface area contributed by atoms with E-state index in [-0.39, 0.29) is 11.1 Å². The summed E-state index contributed by atoms with van der Waals surface area (Å²) in [5, 5.41) is 0. The van der Waals surface area contributed by atoms with Crippen molar-refractivity contribution in [2.24, 2.45) is 0 Å². The maximum atomic E-state index is 13.6. The standard InChI is InChI=1S/C15H12F2O3/c1-19-13-6-3-9(7-14(13)20-2)15(18)11-5-4-10(16)8-12(11)17/h3-8H,1-2H3. The molecule has 3 nitrogen and oxygen atoms in total. The number of hydrogen-bond donors (Lipinski definition) is 0. The molecule has 0 saturated carbocycles. The van der Waals surface area contributed by atoms with Gasteiger partial charge >= 0.3 is 0 Å². The van der Waals surface area contributed by atoms with Gasteiger partial charge in [-0.05, 0) is 30.3 Å². The van der Waals surface area contributed by atoms with Gasteiger partial charge in [-0.15, -0.1) is 0 Å². The summed E-state index contributed by atoms with van der Waals surface area (Å²) < 4.78 is 36.6. The van der Waals surface area contributed by atoms with Crippen LogP contribution in [0.1, 0.15) is 15.9 Å². The number of halogens is 2. The van der Waals surface area contributed by atoms with Crippen molar-refractivity contribution in [1.82, 2.24) is 0 Å². The number of ketones is 1. The van der Waals surface area contributed by atoms with E-state index in [1.165, 1.54) is 26.4 Å². The smallest absolute Gasteiger partial charge is 0.196 e. The average molecular weight is 278 g/mol. The first kappa shape index (κ1) is 14.0. The molecule has 0 unspecified atom stereocenters. The summed E-state index contributed by atoms with van der Waals surface area (Å²) in [4.78, 5) is 12.2. The van der Waals surface area contributed by atoms with E-state index < -0.39 is 17.4 Å². The molecule has 0 atom stereocenters. The molecule has 5 heteroatoms. The van der Waals surface area contributed by atoms with E-state index in [2.05, 4.69) is 0 Å². The van der Waals surface area contributed by atoms with Gasteiger partial charge in [-0.3, -0.25) is 4.79 Å². The molecule has 2 aromatic carbocycles. The molecule has 0 spiro atoms. The first-order chi connectivity index (χ1) is 9.56. The Morgan fingerprint density at radius 2 is 1.65 bits per heavy atom. The lowest BCUT2D eigenvalue weighted by molar-refractivity contribution is 0.103. The minimum absolute atomic E-state index is 0.196. The lowest BCUT2D eigenvalue weighted by atomic mass is 10.0. The molecule has 0 fully saturated rings. The van der Waals surface area contributed by atoms with Gasteiger partial charge in [0.25, 0.3) is 0 Å². The van der Waals surface area contributed by atoms with Gasteiger partial charge in [-0.25, -0.2) is 8.78 Å². The highest BCUT2D eigenvalue weighted by atomic mass is 19.1. The summed E-state index contributed by atoms with van der Waals surface area (Å²) in [6.07, 6.45) is 0. The van der Waals surface area contributed by atoms with E-state index in [1.54, 1.807) is 6.07 Å². The molecule has 20 heavy (non-hydrogen) atoms. The molecule has 104 valence electrons. The van der Waals surface area contributed by atoms with Crippen molar-refractivity contribution < 1.29 is 23.0 Å². The second-order valence-corrected chi connectivity index (χ2v) is 4.02. The SMILES string of the molecule is COc1ccc(C(=O)c2ccc(F)cc2F)cc1OC. The van der Waals surface area contributed by atoms with Crippen LogP contribution in [0.3, 0.4) is 0 Å². The van der Waals surface area contributed by atoms with Crippen molar-refractivity contribution >= 4 is 5.78 Å².